The molecule has 0 saturated carbocycles. The summed E-state index contributed by atoms with van der Waals surface area (Å²) in [5.74, 6) is -2.78. The first kappa shape index (κ1) is 14.4. The fourth-order valence-corrected chi connectivity index (χ4v) is 2.11. The van der Waals surface area contributed by atoms with Crippen LogP contribution in [0.4, 0.5) is 18.9 Å². The summed E-state index contributed by atoms with van der Waals surface area (Å²) in [6.07, 6.45) is 0. The molecule has 0 aliphatic carbocycles. The highest BCUT2D eigenvalue weighted by Gasteiger charge is 2.11. The summed E-state index contributed by atoms with van der Waals surface area (Å²) in [5.41, 5.74) is 3.99. The maximum atomic E-state index is 13.5. The highest BCUT2D eigenvalue weighted by Crippen LogP contribution is 2.22. The third-order valence-corrected chi connectivity index (χ3v) is 3.41. The minimum Gasteiger partial charge on any atom is -0.376 e. The Hall–Kier alpha value is -1.97. The van der Waals surface area contributed by atoms with Crippen molar-refractivity contribution in [2.75, 3.05) is 5.32 Å². The molecule has 0 amide bonds. The summed E-state index contributed by atoms with van der Waals surface area (Å²) in [6.45, 7) is 6.23. The topological polar surface area (TPSA) is 12.0 Å². The van der Waals surface area contributed by atoms with E-state index in [1.54, 1.807) is 0 Å². The molecule has 0 spiro atoms. The van der Waals surface area contributed by atoms with Crippen molar-refractivity contribution in [3.05, 3.63) is 64.0 Å². The maximum Gasteiger partial charge on any atom is 0.152 e. The molecule has 0 aromatic heterocycles. The van der Waals surface area contributed by atoms with Crippen LogP contribution in [0.15, 0.2) is 24.3 Å². The molecule has 0 fully saturated rings. The zero-order valence-electron chi connectivity index (χ0n) is 11.7. The highest BCUT2D eigenvalue weighted by molar-refractivity contribution is 5.48. The predicted molar refractivity (Wildman–Crippen MR) is 74.3 cm³/mol. The van der Waals surface area contributed by atoms with E-state index in [0.717, 1.165) is 16.7 Å². The average Bonchev–Trinajstić information content (AvgIpc) is 2.33. The van der Waals surface area contributed by atoms with Crippen molar-refractivity contribution in [3.8, 4) is 0 Å². The summed E-state index contributed by atoms with van der Waals surface area (Å²) in [4.78, 5) is 0. The van der Waals surface area contributed by atoms with Crippen LogP contribution in [0.3, 0.4) is 0 Å². The number of rotatable bonds is 3. The number of anilines is 1. The van der Waals surface area contributed by atoms with E-state index in [9.17, 15) is 13.2 Å². The first-order valence-corrected chi connectivity index (χ1v) is 6.33. The molecule has 0 atom stereocenters. The number of nitrogens with one attached hydrogen (secondary N) is 1. The highest BCUT2D eigenvalue weighted by atomic mass is 19.1. The molecule has 2 aromatic carbocycles. The zero-order chi connectivity index (χ0) is 14.9. The van der Waals surface area contributed by atoms with Gasteiger partial charge in [-0.25, -0.2) is 13.2 Å². The second-order valence-electron chi connectivity index (χ2n) is 4.96. The molecule has 4 heteroatoms. The molecule has 0 radical (unpaired) electrons. The van der Waals surface area contributed by atoms with Crippen molar-refractivity contribution in [1.29, 1.82) is 0 Å². The van der Waals surface area contributed by atoms with Gasteiger partial charge in [0.15, 0.2) is 11.6 Å². The number of benzene rings is 2. The Morgan fingerprint density at radius 1 is 0.800 bits per heavy atom. The van der Waals surface area contributed by atoms with Crippen LogP contribution >= 0.6 is 0 Å². The summed E-state index contributed by atoms with van der Waals surface area (Å²) in [5, 5.41) is 2.70. The first-order valence-electron chi connectivity index (χ1n) is 6.33. The molecule has 106 valence electrons. The van der Waals surface area contributed by atoms with E-state index >= 15 is 0 Å². The van der Waals surface area contributed by atoms with Crippen molar-refractivity contribution in [3.63, 3.8) is 0 Å². The molecule has 2 aromatic rings. The Bertz CT molecular complexity index is 627. The summed E-state index contributed by atoms with van der Waals surface area (Å²) in [6, 6.07) is 5.35. The molecule has 0 unspecified atom stereocenters. The normalized spacial score (nSPS) is 10.7. The molecule has 1 N–H and O–H groups in total. The molecule has 0 aliphatic rings. The maximum absolute atomic E-state index is 13.5. The minimum absolute atomic E-state index is 0.284. The smallest absolute Gasteiger partial charge is 0.152 e. The Morgan fingerprint density at radius 2 is 1.35 bits per heavy atom. The molecular weight excluding hydrogens is 263 g/mol. The zero-order valence-corrected chi connectivity index (χ0v) is 11.7. The SMILES string of the molecule is Cc1cc(C)c(CNc2c(F)cc(F)cc2F)cc1C. The molecule has 0 aliphatic heterocycles. The van der Waals surface area contributed by atoms with Crippen LogP contribution in [0, 0.1) is 38.2 Å². The third-order valence-electron chi connectivity index (χ3n) is 3.41. The Balaban J connectivity index is 2.23. The van der Waals surface area contributed by atoms with Crippen molar-refractivity contribution < 1.29 is 13.2 Å². The fraction of sp³-hybridized carbons (Fsp3) is 0.250. The molecular formula is C16H16F3N. The molecule has 0 saturated heterocycles. The van der Waals surface area contributed by atoms with Crippen LogP contribution in [0.1, 0.15) is 22.3 Å². The lowest BCUT2D eigenvalue weighted by Crippen LogP contribution is -2.06. The van der Waals surface area contributed by atoms with Crippen LogP contribution in [0.25, 0.3) is 0 Å². The van der Waals surface area contributed by atoms with E-state index < -0.39 is 17.5 Å². The summed E-state index contributed by atoms with van der Waals surface area (Å²) in [7, 11) is 0. The fourth-order valence-electron chi connectivity index (χ4n) is 2.11. The van der Waals surface area contributed by atoms with Gasteiger partial charge in [-0.3, -0.25) is 0 Å². The molecule has 0 bridgehead atoms. The lowest BCUT2D eigenvalue weighted by atomic mass is 10.0. The van der Waals surface area contributed by atoms with Gasteiger partial charge in [0, 0.05) is 18.7 Å². The van der Waals surface area contributed by atoms with Gasteiger partial charge in [-0.15, -0.1) is 0 Å². The summed E-state index contributed by atoms with van der Waals surface area (Å²) >= 11 is 0. The van der Waals surface area contributed by atoms with Crippen LogP contribution in [0.2, 0.25) is 0 Å². The lowest BCUT2D eigenvalue weighted by molar-refractivity contribution is 0.547. The van der Waals surface area contributed by atoms with Crippen molar-refractivity contribution in [1.82, 2.24) is 0 Å². The molecule has 2 rings (SSSR count). The van der Waals surface area contributed by atoms with Gasteiger partial charge in [-0.2, -0.15) is 0 Å². The van der Waals surface area contributed by atoms with E-state index in [1.807, 2.05) is 32.9 Å². The second kappa shape index (κ2) is 5.57. The van der Waals surface area contributed by atoms with E-state index in [1.165, 1.54) is 5.56 Å². The Labute approximate surface area is 116 Å². The Morgan fingerprint density at radius 3 is 1.95 bits per heavy atom. The monoisotopic (exact) mass is 279 g/mol. The van der Waals surface area contributed by atoms with Crippen molar-refractivity contribution in [2.45, 2.75) is 27.3 Å². The minimum atomic E-state index is -0.927. The first-order chi connectivity index (χ1) is 9.38. The van der Waals surface area contributed by atoms with Gasteiger partial charge in [0.05, 0.1) is 0 Å². The number of aryl methyl sites for hydroxylation is 3. The standard InChI is InChI=1S/C16H16F3N/c1-9-4-11(3)12(5-10(9)2)8-20-16-14(18)6-13(17)7-15(16)19/h4-7,20H,8H2,1-3H3. The molecule has 0 heterocycles. The van der Waals surface area contributed by atoms with Gasteiger partial charge >= 0.3 is 0 Å². The van der Waals surface area contributed by atoms with Gasteiger partial charge in [0.25, 0.3) is 0 Å². The average molecular weight is 279 g/mol. The lowest BCUT2D eigenvalue weighted by Gasteiger charge is -2.13. The van der Waals surface area contributed by atoms with E-state index in [4.69, 9.17) is 0 Å². The van der Waals surface area contributed by atoms with E-state index in [0.29, 0.717) is 12.1 Å². The van der Waals surface area contributed by atoms with Crippen molar-refractivity contribution in [2.24, 2.45) is 0 Å². The van der Waals surface area contributed by atoms with Gasteiger partial charge < -0.3 is 5.32 Å². The van der Waals surface area contributed by atoms with Gasteiger partial charge in [0.1, 0.15) is 11.5 Å². The second-order valence-corrected chi connectivity index (χ2v) is 4.96. The predicted octanol–water partition coefficient (Wildman–Crippen LogP) is 4.64. The van der Waals surface area contributed by atoms with E-state index in [-0.39, 0.29) is 12.2 Å². The van der Waals surface area contributed by atoms with Gasteiger partial charge in [0.2, 0.25) is 0 Å². The largest absolute Gasteiger partial charge is 0.376 e. The third kappa shape index (κ3) is 2.95. The van der Waals surface area contributed by atoms with Crippen LogP contribution in [-0.4, -0.2) is 0 Å². The van der Waals surface area contributed by atoms with E-state index in [2.05, 4.69) is 5.32 Å². The Kier molecular flexibility index (Phi) is 4.02. The number of hydrogen-bond acceptors (Lipinski definition) is 1. The quantitative estimate of drug-likeness (QED) is 0.863. The number of halogens is 3. The number of hydrogen-bond donors (Lipinski definition) is 1. The van der Waals surface area contributed by atoms with Crippen LogP contribution < -0.4 is 5.32 Å². The molecule has 20 heavy (non-hydrogen) atoms. The summed E-state index contributed by atoms with van der Waals surface area (Å²) < 4.78 is 39.9. The van der Waals surface area contributed by atoms with Gasteiger partial charge in [-0.1, -0.05) is 12.1 Å². The van der Waals surface area contributed by atoms with Crippen molar-refractivity contribution >= 4 is 5.69 Å². The van der Waals surface area contributed by atoms with Crippen LogP contribution in [-0.2, 0) is 6.54 Å². The van der Waals surface area contributed by atoms with Gasteiger partial charge in [-0.05, 0) is 43.0 Å². The van der Waals surface area contributed by atoms with Crippen LogP contribution in [0.5, 0.6) is 0 Å². The molecule has 1 nitrogen and oxygen atoms in total.